The Kier molecular flexibility index (Phi) is 5.77. The smallest absolute Gasteiger partial charge is 0.246 e. The van der Waals surface area contributed by atoms with Gasteiger partial charge in [-0.3, -0.25) is 4.90 Å². The second-order valence-electron chi connectivity index (χ2n) is 6.10. The van der Waals surface area contributed by atoms with Crippen LogP contribution in [0.2, 0.25) is 5.02 Å². The highest BCUT2D eigenvalue weighted by Crippen LogP contribution is 2.26. The van der Waals surface area contributed by atoms with Gasteiger partial charge in [-0.15, -0.1) is 0 Å². The van der Waals surface area contributed by atoms with Crippen molar-refractivity contribution in [2.24, 2.45) is 0 Å². The summed E-state index contributed by atoms with van der Waals surface area (Å²) in [5, 5.41) is 9.61. The van der Waals surface area contributed by atoms with Crippen LogP contribution < -0.4 is 0 Å². The molecule has 0 N–H and O–H groups in total. The van der Waals surface area contributed by atoms with Gasteiger partial charge in [0.05, 0.1) is 6.07 Å². The Balaban J connectivity index is 1.74. The molecule has 2 aromatic carbocycles. The summed E-state index contributed by atoms with van der Waals surface area (Å²) < 4.78 is 53.7. The first kappa shape index (κ1) is 19.7. The number of nitriles is 1. The van der Waals surface area contributed by atoms with Gasteiger partial charge >= 0.3 is 0 Å². The minimum absolute atomic E-state index is 0.115. The fourth-order valence-electron chi connectivity index (χ4n) is 3.04. The predicted molar refractivity (Wildman–Crippen MR) is 96.5 cm³/mol. The molecule has 1 saturated heterocycles. The maximum atomic E-state index is 14.0. The quantitative estimate of drug-likeness (QED) is 0.775. The van der Waals surface area contributed by atoms with E-state index in [2.05, 4.69) is 6.07 Å². The van der Waals surface area contributed by atoms with Gasteiger partial charge in [0.25, 0.3) is 0 Å². The minimum Gasteiger partial charge on any atom is -0.282 e. The van der Waals surface area contributed by atoms with E-state index >= 15 is 0 Å². The molecular formula is C18H16ClF2N3O2S. The summed E-state index contributed by atoms with van der Waals surface area (Å²) in [5.74, 6) is -1.29. The topological polar surface area (TPSA) is 64.4 Å². The number of hydrogen-bond donors (Lipinski definition) is 0. The molecule has 1 fully saturated rings. The van der Waals surface area contributed by atoms with E-state index in [1.54, 1.807) is 0 Å². The van der Waals surface area contributed by atoms with Crippen molar-refractivity contribution >= 4 is 21.6 Å². The number of hydrogen-bond acceptors (Lipinski definition) is 4. The van der Waals surface area contributed by atoms with Crippen molar-refractivity contribution in [3.05, 3.63) is 64.7 Å². The molecule has 142 valence electrons. The summed E-state index contributed by atoms with van der Waals surface area (Å²) in [4.78, 5) is 1.40. The summed E-state index contributed by atoms with van der Waals surface area (Å²) >= 11 is 5.68. The highest BCUT2D eigenvalue weighted by atomic mass is 35.5. The fourth-order valence-corrected chi connectivity index (χ4v) is 4.66. The third-order valence-electron chi connectivity index (χ3n) is 4.46. The van der Waals surface area contributed by atoms with E-state index in [0.29, 0.717) is 18.7 Å². The lowest BCUT2D eigenvalue weighted by molar-refractivity contribution is 0.162. The Hall–Kier alpha value is -2.05. The molecule has 3 rings (SSSR count). The van der Waals surface area contributed by atoms with Crippen LogP contribution in [0, 0.1) is 23.0 Å². The molecule has 2 aromatic rings. The minimum atomic E-state index is -4.00. The molecule has 5 nitrogen and oxygen atoms in total. The van der Waals surface area contributed by atoms with Crippen LogP contribution in [-0.4, -0.2) is 43.8 Å². The van der Waals surface area contributed by atoms with Crippen molar-refractivity contribution in [2.75, 3.05) is 26.2 Å². The molecule has 0 saturated carbocycles. The van der Waals surface area contributed by atoms with Gasteiger partial charge in [-0.25, -0.2) is 17.2 Å². The summed E-state index contributed by atoms with van der Waals surface area (Å²) in [6, 6.07) is 10.6. The maximum Gasteiger partial charge on any atom is 0.246 e. The van der Waals surface area contributed by atoms with Gasteiger partial charge in [0.15, 0.2) is 0 Å². The standard InChI is InChI=1S/C18H16ClF2N3O2S/c19-14-3-6-18(16(21)11-14)27(25,26)24-9-7-23(8-10-24)17(12-22)13-1-4-15(20)5-2-13/h1-6,11,17H,7-10H2. The average molecular weight is 412 g/mol. The molecule has 1 aliphatic heterocycles. The normalized spacial score (nSPS) is 17.4. The third-order valence-corrected chi connectivity index (χ3v) is 6.63. The van der Waals surface area contributed by atoms with E-state index in [9.17, 15) is 22.5 Å². The summed E-state index contributed by atoms with van der Waals surface area (Å²) in [7, 11) is -4.00. The Morgan fingerprint density at radius 2 is 1.67 bits per heavy atom. The molecule has 0 radical (unpaired) electrons. The van der Waals surface area contributed by atoms with Crippen LogP contribution in [0.1, 0.15) is 11.6 Å². The van der Waals surface area contributed by atoms with Crippen molar-refractivity contribution in [3.8, 4) is 6.07 Å². The highest BCUT2D eigenvalue weighted by Gasteiger charge is 2.33. The molecule has 0 bridgehead atoms. The number of halogens is 3. The van der Waals surface area contributed by atoms with Gasteiger partial charge in [0.2, 0.25) is 10.0 Å². The van der Waals surface area contributed by atoms with Gasteiger partial charge < -0.3 is 0 Å². The molecular weight excluding hydrogens is 396 g/mol. The summed E-state index contributed by atoms with van der Waals surface area (Å²) in [6.07, 6.45) is 0. The van der Waals surface area contributed by atoms with Crippen LogP contribution in [0.15, 0.2) is 47.4 Å². The zero-order valence-electron chi connectivity index (χ0n) is 14.1. The third kappa shape index (κ3) is 4.12. The lowest BCUT2D eigenvalue weighted by Crippen LogP contribution is -2.49. The van der Waals surface area contributed by atoms with E-state index in [1.807, 2.05) is 4.90 Å². The molecule has 27 heavy (non-hydrogen) atoms. The molecule has 0 spiro atoms. The molecule has 0 amide bonds. The summed E-state index contributed by atoms with van der Waals surface area (Å²) in [5.41, 5.74) is 0.638. The number of sulfonamides is 1. The first-order chi connectivity index (χ1) is 12.8. The number of benzene rings is 2. The van der Waals surface area contributed by atoms with Crippen LogP contribution >= 0.6 is 11.6 Å². The Bertz CT molecular complexity index is 969. The number of piperazine rings is 1. The second kappa shape index (κ2) is 7.90. The molecule has 0 aromatic heterocycles. The van der Waals surface area contributed by atoms with Crippen molar-refractivity contribution in [1.29, 1.82) is 5.26 Å². The van der Waals surface area contributed by atoms with Crippen molar-refractivity contribution in [3.63, 3.8) is 0 Å². The SMILES string of the molecule is N#CC(c1ccc(F)cc1)N1CCN(S(=O)(=O)c2ccc(Cl)cc2F)CC1. The van der Waals surface area contributed by atoms with Gasteiger partial charge in [-0.1, -0.05) is 23.7 Å². The van der Waals surface area contributed by atoms with E-state index in [0.717, 1.165) is 12.1 Å². The Labute approximate surface area is 161 Å². The first-order valence-electron chi connectivity index (χ1n) is 8.17. The maximum absolute atomic E-state index is 14.0. The lowest BCUT2D eigenvalue weighted by atomic mass is 10.1. The second-order valence-corrected chi connectivity index (χ2v) is 8.44. The van der Waals surface area contributed by atoms with Crippen LogP contribution in [0.4, 0.5) is 8.78 Å². The predicted octanol–water partition coefficient (Wildman–Crippen LogP) is 3.19. The van der Waals surface area contributed by atoms with Crippen molar-refractivity contribution in [2.45, 2.75) is 10.9 Å². The fraction of sp³-hybridized carbons (Fsp3) is 0.278. The van der Waals surface area contributed by atoms with E-state index in [1.165, 1.54) is 34.6 Å². The van der Waals surface area contributed by atoms with Gasteiger partial charge in [0, 0.05) is 31.2 Å². The van der Waals surface area contributed by atoms with Crippen LogP contribution in [0.25, 0.3) is 0 Å². The number of nitrogens with zero attached hydrogens (tertiary/aromatic N) is 3. The highest BCUT2D eigenvalue weighted by molar-refractivity contribution is 7.89. The summed E-state index contributed by atoms with van der Waals surface area (Å²) in [6.45, 7) is 0.821. The Morgan fingerprint density at radius 3 is 2.22 bits per heavy atom. The molecule has 9 heteroatoms. The largest absolute Gasteiger partial charge is 0.282 e. The van der Waals surface area contributed by atoms with E-state index < -0.39 is 32.6 Å². The molecule has 1 unspecified atom stereocenters. The van der Waals surface area contributed by atoms with Gasteiger partial charge in [0.1, 0.15) is 22.6 Å². The zero-order valence-corrected chi connectivity index (χ0v) is 15.7. The van der Waals surface area contributed by atoms with Crippen LogP contribution in [-0.2, 0) is 10.0 Å². The molecule has 1 atom stereocenters. The average Bonchev–Trinajstić information content (AvgIpc) is 2.64. The van der Waals surface area contributed by atoms with E-state index in [4.69, 9.17) is 11.6 Å². The molecule has 0 aliphatic carbocycles. The first-order valence-corrected chi connectivity index (χ1v) is 9.99. The van der Waals surface area contributed by atoms with Crippen LogP contribution in [0.3, 0.4) is 0 Å². The van der Waals surface area contributed by atoms with Crippen molar-refractivity contribution in [1.82, 2.24) is 9.21 Å². The monoisotopic (exact) mass is 411 g/mol. The molecule has 1 heterocycles. The van der Waals surface area contributed by atoms with Gasteiger partial charge in [-0.05, 0) is 35.9 Å². The van der Waals surface area contributed by atoms with Gasteiger partial charge in [-0.2, -0.15) is 9.57 Å². The van der Waals surface area contributed by atoms with E-state index in [-0.39, 0.29) is 18.1 Å². The van der Waals surface area contributed by atoms with Crippen LogP contribution in [0.5, 0.6) is 0 Å². The number of rotatable bonds is 4. The lowest BCUT2D eigenvalue weighted by Gasteiger charge is -2.36. The Morgan fingerprint density at radius 1 is 1.04 bits per heavy atom. The zero-order chi connectivity index (χ0) is 19.6. The molecule has 1 aliphatic rings. The van der Waals surface area contributed by atoms with Crippen molar-refractivity contribution < 1.29 is 17.2 Å².